The maximum Gasteiger partial charge on any atom is 0.243 e. The van der Waals surface area contributed by atoms with E-state index in [1.165, 1.54) is 0 Å². The maximum atomic E-state index is 12.8. The van der Waals surface area contributed by atoms with Crippen LogP contribution >= 0.6 is 0 Å². The van der Waals surface area contributed by atoms with Crippen LogP contribution in [0.15, 0.2) is 17.0 Å². The number of nitrogen functional groups attached to an aromatic ring is 1. The van der Waals surface area contributed by atoms with Crippen LogP contribution in [0.1, 0.15) is 37.3 Å². The number of anilines is 1. The van der Waals surface area contributed by atoms with Crippen LogP contribution in [0.3, 0.4) is 0 Å². The number of hydrogen-bond donors (Lipinski definition) is 1. The van der Waals surface area contributed by atoms with E-state index in [1.54, 1.807) is 10.4 Å². The third-order valence-electron chi connectivity index (χ3n) is 4.41. The fourth-order valence-electron chi connectivity index (χ4n) is 2.82. The summed E-state index contributed by atoms with van der Waals surface area (Å²) in [5, 5.41) is 0. The molecule has 0 aromatic heterocycles. The van der Waals surface area contributed by atoms with Gasteiger partial charge in [-0.2, -0.15) is 4.31 Å². The van der Waals surface area contributed by atoms with Gasteiger partial charge in [-0.25, -0.2) is 8.42 Å². The van der Waals surface area contributed by atoms with Crippen LogP contribution in [-0.4, -0.2) is 25.8 Å². The first-order chi connectivity index (χ1) is 9.36. The Hall–Kier alpha value is -1.07. The van der Waals surface area contributed by atoms with E-state index in [0.29, 0.717) is 29.6 Å². The Morgan fingerprint density at radius 1 is 1.25 bits per heavy atom. The van der Waals surface area contributed by atoms with Crippen molar-refractivity contribution in [3.05, 3.63) is 23.3 Å². The lowest BCUT2D eigenvalue weighted by atomic mass is 9.96. The molecule has 20 heavy (non-hydrogen) atoms. The van der Waals surface area contributed by atoms with Gasteiger partial charge in [-0.3, -0.25) is 0 Å². The molecule has 1 aromatic rings. The van der Waals surface area contributed by atoms with E-state index in [9.17, 15) is 8.42 Å². The minimum Gasteiger partial charge on any atom is -0.399 e. The lowest BCUT2D eigenvalue weighted by Gasteiger charge is -2.31. The minimum atomic E-state index is -3.42. The molecule has 112 valence electrons. The molecule has 2 N–H and O–H groups in total. The third-order valence-corrected chi connectivity index (χ3v) is 6.44. The van der Waals surface area contributed by atoms with E-state index in [0.717, 1.165) is 30.4 Å². The molecule has 1 aliphatic heterocycles. The van der Waals surface area contributed by atoms with Gasteiger partial charge >= 0.3 is 0 Å². The number of sulfonamides is 1. The van der Waals surface area contributed by atoms with Crippen molar-refractivity contribution in [3.63, 3.8) is 0 Å². The molecule has 0 saturated carbocycles. The van der Waals surface area contributed by atoms with Crippen LogP contribution in [0.25, 0.3) is 0 Å². The molecule has 0 aliphatic carbocycles. The molecule has 0 radical (unpaired) electrons. The van der Waals surface area contributed by atoms with Gasteiger partial charge in [-0.1, -0.05) is 13.3 Å². The number of hydrogen-bond acceptors (Lipinski definition) is 3. The lowest BCUT2D eigenvalue weighted by molar-refractivity contribution is 0.269. The van der Waals surface area contributed by atoms with Crippen LogP contribution in [0, 0.1) is 19.8 Å². The summed E-state index contributed by atoms with van der Waals surface area (Å²) in [5.74, 6) is 0.658. The number of piperidine rings is 1. The summed E-state index contributed by atoms with van der Waals surface area (Å²) in [4.78, 5) is 0.366. The minimum absolute atomic E-state index is 0.366. The van der Waals surface area contributed by atoms with Crippen LogP contribution in [0.5, 0.6) is 0 Å². The first-order valence-electron chi connectivity index (χ1n) is 7.23. The van der Waals surface area contributed by atoms with Crippen molar-refractivity contribution in [2.24, 2.45) is 5.92 Å². The van der Waals surface area contributed by atoms with Gasteiger partial charge in [0.2, 0.25) is 10.0 Å². The molecule has 1 saturated heterocycles. The Morgan fingerprint density at radius 2 is 1.85 bits per heavy atom. The smallest absolute Gasteiger partial charge is 0.243 e. The van der Waals surface area contributed by atoms with Gasteiger partial charge in [0.25, 0.3) is 0 Å². The highest BCUT2D eigenvalue weighted by molar-refractivity contribution is 7.89. The topological polar surface area (TPSA) is 63.4 Å². The summed E-state index contributed by atoms with van der Waals surface area (Å²) < 4.78 is 27.2. The van der Waals surface area contributed by atoms with Crippen LogP contribution in [0.4, 0.5) is 5.69 Å². The molecule has 0 atom stereocenters. The third kappa shape index (κ3) is 2.83. The standard InChI is InChI=1S/C15H24N2O2S/c1-4-13-5-7-17(8-6-13)20(18,19)15-10-14(16)9-11(2)12(15)3/h9-10,13H,4-8,16H2,1-3H3. The van der Waals surface area contributed by atoms with Gasteiger partial charge in [-0.05, 0) is 55.9 Å². The fourth-order valence-corrected chi connectivity index (χ4v) is 4.62. The molecule has 1 fully saturated rings. The van der Waals surface area contributed by atoms with Crippen LogP contribution in [-0.2, 0) is 10.0 Å². The Bertz CT molecular complexity index is 588. The van der Waals surface area contributed by atoms with Gasteiger partial charge in [0.15, 0.2) is 0 Å². The monoisotopic (exact) mass is 296 g/mol. The van der Waals surface area contributed by atoms with Crippen molar-refractivity contribution >= 4 is 15.7 Å². The zero-order chi connectivity index (χ0) is 14.9. The number of rotatable bonds is 3. The summed E-state index contributed by atoms with van der Waals surface area (Å²) in [7, 11) is -3.42. The van der Waals surface area contributed by atoms with Gasteiger partial charge < -0.3 is 5.73 Å². The molecule has 2 rings (SSSR count). The van der Waals surface area contributed by atoms with E-state index in [4.69, 9.17) is 5.73 Å². The molecule has 1 heterocycles. The van der Waals surface area contributed by atoms with Crippen LogP contribution < -0.4 is 5.73 Å². The van der Waals surface area contributed by atoms with Crippen LogP contribution in [0.2, 0.25) is 0 Å². The Morgan fingerprint density at radius 3 is 2.40 bits per heavy atom. The number of aryl methyl sites for hydroxylation is 1. The van der Waals surface area contributed by atoms with E-state index >= 15 is 0 Å². The summed E-state index contributed by atoms with van der Waals surface area (Å²) in [6, 6.07) is 3.40. The second-order valence-electron chi connectivity index (χ2n) is 5.72. The van der Waals surface area contributed by atoms with Crippen molar-refractivity contribution in [2.75, 3.05) is 18.8 Å². The Kier molecular flexibility index (Phi) is 4.39. The zero-order valence-corrected chi connectivity index (χ0v) is 13.3. The molecule has 1 aromatic carbocycles. The largest absolute Gasteiger partial charge is 0.399 e. The summed E-state index contributed by atoms with van der Waals surface area (Å²) in [6.45, 7) is 7.15. The Labute approximate surface area is 122 Å². The van der Waals surface area contributed by atoms with Gasteiger partial charge in [0.05, 0.1) is 4.90 Å². The lowest BCUT2D eigenvalue weighted by Crippen LogP contribution is -2.38. The van der Waals surface area contributed by atoms with E-state index in [-0.39, 0.29) is 0 Å². The number of nitrogens with two attached hydrogens (primary N) is 1. The number of nitrogens with zero attached hydrogens (tertiary/aromatic N) is 1. The fraction of sp³-hybridized carbons (Fsp3) is 0.600. The molecular formula is C15H24N2O2S. The first kappa shape index (κ1) is 15.3. The van der Waals surface area contributed by atoms with Crippen molar-refractivity contribution in [2.45, 2.75) is 44.9 Å². The van der Waals surface area contributed by atoms with E-state index in [2.05, 4.69) is 6.92 Å². The second kappa shape index (κ2) is 5.74. The molecular weight excluding hydrogens is 272 g/mol. The second-order valence-corrected chi connectivity index (χ2v) is 7.62. The molecule has 4 nitrogen and oxygen atoms in total. The first-order valence-corrected chi connectivity index (χ1v) is 8.67. The molecule has 0 spiro atoms. The van der Waals surface area contributed by atoms with E-state index in [1.807, 2.05) is 19.9 Å². The summed E-state index contributed by atoms with van der Waals surface area (Å²) in [6.07, 6.45) is 3.04. The summed E-state index contributed by atoms with van der Waals surface area (Å²) >= 11 is 0. The average Bonchev–Trinajstić information content (AvgIpc) is 2.42. The quantitative estimate of drug-likeness (QED) is 0.872. The van der Waals surface area contributed by atoms with Gasteiger partial charge in [0, 0.05) is 18.8 Å². The predicted molar refractivity (Wildman–Crippen MR) is 82.1 cm³/mol. The zero-order valence-electron chi connectivity index (χ0n) is 12.5. The molecule has 1 aliphatic rings. The van der Waals surface area contributed by atoms with Gasteiger partial charge in [0.1, 0.15) is 0 Å². The molecule has 0 amide bonds. The predicted octanol–water partition coefficient (Wildman–Crippen LogP) is 2.70. The van der Waals surface area contributed by atoms with Crippen molar-refractivity contribution < 1.29 is 8.42 Å². The Balaban J connectivity index is 2.32. The average molecular weight is 296 g/mol. The van der Waals surface area contributed by atoms with E-state index < -0.39 is 10.0 Å². The highest BCUT2D eigenvalue weighted by atomic mass is 32.2. The van der Waals surface area contributed by atoms with Crippen molar-refractivity contribution in [1.29, 1.82) is 0 Å². The maximum absolute atomic E-state index is 12.8. The number of benzene rings is 1. The highest BCUT2D eigenvalue weighted by Crippen LogP contribution is 2.29. The normalized spacial score (nSPS) is 18.4. The SMILES string of the molecule is CCC1CCN(S(=O)(=O)c2cc(N)cc(C)c2C)CC1. The highest BCUT2D eigenvalue weighted by Gasteiger charge is 2.30. The molecule has 0 bridgehead atoms. The van der Waals surface area contributed by atoms with Crippen molar-refractivity contribution in [3.8, 4) is 0 Å². The summed E-state index contributed by atoms with van der Waals surface area (Å²) in [5.41, 5.74) is 8.05. The van der Waals surface area contributed by atoms with Gasteiger partial charge in [-0.15, -0.1) is 0 Å². The van der Waals surface area contributed by atoms with Crippen molar-refractivity contribution in [1.82, 2.24) is 4.31 Å². The molecule has 5 heteroatoms. The molecule has 0 unspecified atom stereocenters.